The molecule has 0 saturated carbocycles. The summed E-state index contributed by atoms with van der Waals surface area (Å²) in [5.74, 6) is 0.641. The summed E-state index contributed by atoms with van der Waals surface area (Å²) in [7, 11) is 0. The maximum Gasteiger partial charge on any atom is 0.143 e. The molecule has 0 bridgehead atoms. The molecule has 0 spiro atoms. The van der Waals surface area contributed by atoms with Crippen LogP contribution in [0.2, 0.25) is 0 Å². The van der Waals surface area contributed by atoms with Crippen molar-refractivity contribution in [1.82, 2.24) is 19.9 Å². The second-order valence-electron chi connectivity index (χ2n) is 4.77. The molecule has 3 N–H and O–H groups in total. The number of aliphatic imine (C=N–C) groups is 1. The fourth-order valence-electron chi connectivity index (χ4n) is 2.44. The number of hydrogen-bond acceptors (Lipinski definition) is 6. The van der Waals surface area contributed by atoms with Crippen molar-refractivity contribution in [3.8, 4) is 0 Å². The van der Waals surface area contributed by atoms with Crippen LogP contribution in [0.4, 0.5) is 11.5 Å². The van der Waals surface area contributed by atoms with Gasteiger partial charge in [0, 0.05) is 23.5 Å². The van der Waals surface area contributed by atoms with Crippen molar-refractivity contribution in [2.75, 3.05) is 5.32 Å². The quantitative estimate of drug-likeness (QED) is 0.675. The standard InChI is InChI=1S/C14H12N6O/c21-6-9-3-17-13-12(9)14(19-7-18-13)20-10-1-8-2-15-5-11(8)16-4-10/h1-4,7,21H,5-6H2,(H2,17,18,19,20). The van der Waals surface area contributed by atoms with Crippen LogP contribution in [0.15, 0.2) is 29.8 Å². The summed E-state index contributed by atoms with van der Waals surface area (Å²) in [6.07, 6.45) is 6.79. The fraction of sp³-hybridized carbons (Fsp3) is 0.143. The Morgan fingerprint density at radius 3 is 3.14 bits per heavy atom. The molecule has 3 aromatic rings. The highest BCUT2D eigenvalue weighted by atomic mass is 16.3. The number of anilines is 2. The molecule has 0 atom stereocenters. The van der Waals surface area contributed by atoms with Gasteiger partial charge in [0.05, 0.1) is 36.1 Å². The van der Waals surface area contributed by atoms with E-state index < -0.39 is 0 Å². The summed E-state index contributed by atoms with van der Waals surface area (Å²) >= 11 is 0. The van der Waals surface area contributed by atoms with Crippen LogP contribution < -0.4 is 5.32 Å². The van der Waals surface area contributed by atoms with E-state index in [0.717, 1.165) is 27.9 Å². The lowest BCUT2D eigenvalue weighted by atomic mass is 10.2. The van der Waals surface area contributed by atoms with E-state index >= 15 is 0 Å². The summed E-state index contributed by atoms with van der Waals surface area (Å²) in [4.78, 5) is 20.0. The number of fused-ring (bicyclic) bond motifs is 2. The maximum absolute atomic E-state index is 9.41. The van der Waals surface area contributed by atoms with Gasteiger partial charge < -0.3 is 15.4 Å². The van der Waals surface area contributed by atoms with Gasteiger partial charge in [0.25, 0.3) is 0 Å². The van der Waals surface area contributed by atoms with Crippen LogP contribution in [-0.4, -0.2) is 31.3 Å². The van der Waals surface area contributed by atoms with Crippen molar-refractivity contribution in [3.05, 3.63) is 41.6 Å². The summed E-state index contributed by atoms with van der Waals surface area (Å²) in [5.41, 5.74) is 4.26. The molecule has 21 heavy (non-hydrogen) atoms. The van der Waals surface area contributed by atoms with Crippen LogP contribution in [0.3, 0.4) is 0 Å². The molecule has 0 amide bonds. The first-order valence-electron chi connectivity index (χ1n) is 6.53. The lowest BCUT2D eigenvalue weighted by Gasteiger charge is -2.08. The predicted molar refractivity (Wildman–Crippen MR) is 78.6 cm³/mol. The Balaban J connectivity index is 1.77. The molecule has 3 aromatic heterocycles. The Hall–Kier alpha value is -2.80. The zero-order valence-corrected chi connectivity index (χ0v) is 11.0. The van der Waals surface area contributed by atoms with Gasteiger partial charge in [-0.1, -0.05) is 0 Å². The Bertz CT molecular complexity index is 854. The van der Waals surface area contributed by atoms with Crippen molar-refractivity contribution in [1.29, 1.82) is 0 Å². The van der Waals surface area contributed by atoms with E-state index in [9.17, 15) is 5.11 Å². The molecule has 7 nitrogen and oxygen atoms in total. The van der Waals surface area contributed by atoms with E-state index in [1.807, 2.05) is 12.3 Å². The highest BCUT2D eigenvalue weighted by molar-refractivity contribution is 5.92. The third-order valence-electron chi connectivity index (χ3n) is 3.46. The number of pyridine rings is 1. The van der Waals surface area contributed by atoms with Crippen LogP contribution in [-0.2, 0) is 13.2 Å². The zero-order chi connectivity index (χ0) is 14.2. The minimum atomic E-state index is -0.0723. The molecule has 104 valence electrons. The molecular formula is C14H12N6O. The van der Waals surface area contributed by atoms with Crippen LogP contribution in [0.1, 0.15) is 16.8 Å². The first kappa shape index (κ1) is 12.0. The average Bonchev–Trinajstić information content (AvgIpc) is 3.13. The summed E-state index contributed by atoms with van der Waals surface area (Å²) < 4.78 is 0. The zero-order valence-electron chi connectivity index (χ0n) is 11.0. The highest BCUT2D eigenvalue weighted by Crippen LogP contribution is 2.26. The van der Waals surface area contributed by atoms with E-state index in [-0.39, 0.29) is 6.61 Å². The van der Waals surface area contributed by atoms with Crippen LogP contribution in [0.5, 0.6) is 0 Å². The molecule has 0 aromatic carbocycles. The molecule has 0 saturated heterocycles. The topological polar surface area (TPSA) is 99.1 Å². The van der Waals surface area contributed by atoms with Gasteiger partial charge in [-0.15, -0.1) is 0 Å². The van der Waals surface area contributed by atoms with Crippen molar-refractivity contribution in [3.63, 3.8) is 0 Å². The van der Waals surface area contributed by atoms with Gasteiger partial charge in [-0.2, -0.15) is 0 Å². The molecule has 1 aliphatic rings. The molecule has 0 unspecified atom stereocenters. The molecular weight excluding hydrogens is 268 g/mol. The average molecular weight is 280 g/mol. The fourth-order valence-corrected chi connectivity index (χ4v) is 2.44. The van der Waals surface area contributed by atoms with Gasteiger partial charge in [0.15, 0.2) is 0 Å². The first-order valence-corrected chi connectivity index (χ1v) is 6.53. The number of H-pyrrole nitrogens is 1. The van der Waals surface area contributed by atoms with Gasteiger partial charge in [-0.3, -0.25) is 9.98 Å². The van der Waals surface area contributed by atoms with Gasteiger partial charge in [0.1, 0.15) is 17.8 Å². The number of rotatable bonds is 3. The molecule has 0 radical (unpaired) electrons. The largest absolute Gasteiger partial charge is 0.392 e. The van der Waals surface area contributed by atoms with E-state index in [2.05, 4.69) is 30.2 Å². The first-order chi connectivity index (χ1) is 10.3. The van der Waals surface area contributed by atoms with Crippen molar-refractivity contribution >= 4 is 28.8 Å². The van der Waals surface area contributed by atoms with Crippen molar-refractivity contribution < 1.29 is 5.11 Å². The molecule has 1 aliphatic heterocycles. The summed E-state index contributed by atoms with van der Waals surface area (Å²) in [6, 6.07) is 1.98. The Morgan fingerprint density at radius 2 is 2.24 bits per heavy atom. The van der Waals surface area contributed by atoms with Gasteiger partial charge in [-0.05, 0) is 6.07 Å². The number of aliphatic hydroxyl groups is 1. The minimum absolute atomic E-state index is 0.0723. The number of aromatic amines is 1. The van der Waals surface area contributed by atoms with Crippen molar-refractivity contribution in [2.45, 2.75) is 13.2 Å². The van der Waals surface area contributed by atoms with E-state index in [4.69, 9.17) is 0 Å². The van der Waals surface area contributed by atoms with Crippen molar-refractivity contribution in [2.24, 2.45) is 4.99 Å². The lowest BCUT2D eigenvalue weighted by Crippen LogP contribution is -1.99. The van der Waals surface area contributed by atoms with E-state index in [0.29, 0.717) is 18.0 Å². The highest BCUT2D eigenvalue weighted by Gasteiger charge is 2.12. The van der Waals surface area contributed by atoms with Crippen LogP contribution >= 0.6 is 0 Å². The van der Waals surface area contributed by atoms with Crippen LogP contribution in [0.25, 0.3) is 11.0 Å². The van der Waals surface area contributed by atoms with E-state index in [1.165, 1.54) is 6.33 Å². The van der Waals surface area contributed by atoms with Gasteiger partial charge >= 0.3 is 0 Å². The summed E-state index contributed by atoms with van der Waals surface area (Å²) in [6.45, 7) is 0.566. The Kier molecular flexibility index (Phi) is 2.65. The molecule has 4 heterocycles. The second-order valence-corrected chi connectivity index (χ2v) is 4.77. The van der Waals surface area contributed by atoms with E-state index in [1.54, 1.807) is 12.4 Å². The smallest absolute Gasteiger partial charge is 0.143 e. The molecule has 7 heteroatoms. The third-order valence-corrected chi connectivity index (χ3v) is 3.46. The Morgan fingerprint density at radius 1 is 1.29 bits per heavy atom. The number of nitrogens with zero attached hydrogens (tertiary/aromatic N) is 4. The molecule has 4 rings (SSSR count). The minimum Gasteiger partial charge on any atom is -0.392 e. The molecule has 0 aliphatic carbocycles. The summed E-state index contributed by atoms with van der Waals surface area (Å²) in [5, 5.41) is 13.4. The van der Waals surface area contributed by atoms with Gasteiger partial charge in [-0.25, -0.2) is 9.97 Å². The Labute approximate surface area is 119 Å². The number of hydrogen-bond donors (Lipinski definition) is 3. The third kappa shape index (κ3) is 1.95. The predicted octanol–water partition coefficient (Wildman–Crippen LogP) is 1.52. The number of aliphatic hydroxyl groups excluding tert-OH is 1. The maximum atomic E-state index is 9.41. The van der Waals surface area contributed by atoms with Crippen LogP contribution in [0, 0.1) is 0 Å². The number of aromatic nitrogens is 4. The lowest BCUT2D eigenvalue weighted by molar-refractivity contribution is 0.283. The van der Waals surface area contributed by atoms with Gasteiger partial charge in [0.2, 0.25) is 0 Å². The molecule has 0 fully saturated rings. The number of nitrogens with one attached hydrogen (secondary N) is 2. The SMILES string of the molecule is OCc1c[nH]c2ncnc(Nc3cnc4c(c3)C=NC4)c12. The monoisotopic (exact) mass is 280 g/mol. The normalized spacial score (nSPS) is 12.8. The second kappa shape index (κ2) is 4.64.